The standard InChI is InChI=1S/C48H85NO5/c1-4-7-10-13-16-19-20-21-22-23-24-25-26-27-29-32-35-38-41-48(53)54-44(39-36-33-30-18-15-12-9-6-3)42-47(52)49-45(43-50)46(51)40-37-34-31-28-17-14-11-8-5-2/h10,13,16,19-25,44-46,50-51H,4-9,11-12,14-15,17-18,26-43H2,1-3H3,(H,49,52)/b13-10+,19-16+,21-20+,23-22+,25-24+. The van der Waals surface area contributed by atoms with E-state index in [0.717, 1.165) is 83.5 Å². The molecule has 6 heteroatoms. The highest BCUT2D eigenvalue weighted by molar-refractivity contribution is 5.77. The number of allylic oxidation sites excluding steroid dienone is 10. The highest BCUT2D eigenvalue weighted by atomic mass is 16.5. The fourth-order valence-electron chi connectivity index (χ4n) is 6.52. The van der Waals surface area contributed by atoms with Gasteiger partial charge in [-0.15, -0.1) is 0 Å². The molecular weight excluding hydrogens is 671 g/mol. The summed E-state index contributed by atoms with van der Waals surface area (Å²) in [4.78, 5) is 25.9. The van der Waals surface area contributed by atoms with Gasteiger partial charge in [0, 0.05) is 6.42 Å². The zero-order valence-electron chi connectivity index (χ0n) is 35.3. The van der Waals surface area contributed by atoms with E-state index in [-0.39, 0.29) is 24.9 Å². The monoisotopic (exact) mass is 756 g/mol. The Balaban J connectivity index is 4.53. The van der Waals surface area contributed by atoms with E-state index in [1.165, 1.54) is 77.0 Å². The van der Waals surface area contributed by atoms with Crippen molar-refractivity contribution in [1.82, 2.24) is 5.32 Å². The number of carbonyl (C=O) groups excluding carboxylic acids is 2. The molecule has 0 aliphatic rings. The first-order valence-corrected chi connectivity index (χ1v) is 22.6. The minimum absolute atomic E-state index is 0.0657. The van der Waals surface area contributed by atoms with Gasteiger partial charge in [-0.05, 0) is 44.9 Å². The van der Waals surface area contributed by atoms with Crippen LogP contribution in [-0.2, 0) is 14.3 Å². The molecule has 0 aliphatic heterocycles. The Morgan fingerprint density at radius 1 is 0.537 bits per heavy atom. The number of aliphatic hydroxyl groups is 2. The molecule has 0 bridgehead atoms. The quantitative estimate of drug-likeness (QED) is 0.0330. The van der Waals surface area contributed by atoms with E-state index < -0.39 is 18.2 Å². The van der Waals surface area contributed by atoms with Crippen LogP contribution in [0.5, 0.6) is 0 Å². The average Bonchev–Trinajstić information content (AvgIpc) is 3.16. The number of ether oxygens (including phenoxy) is 1. The van der Waals surface area contributed by atoms with E-state index in [1.807, 2.05) is 24.3 Å². The van der Waals surface area contributed by atoms with Gasteiger partial charge in [0.15, 0.2) is 0 Å². The second-order valence-corrected chi connectivity index (χ2v) is 15.2. The van der Waals surface area contributed by atoms with Crippen LogP contribution in [0.3, 0.4) is 0 Å². The zero-order chi connectivity index (χ0) is 39.6. The third-order valence-electron chi connectivity index (χ3n) is 9.96. The third kappa shape index (κ3) is 36.5. The Hall–Kier alpha value is -2.44. The third-order valence-corrected chi connectivity index (χ3v) is 9.96. The van der Waals surface area contributed by atoms with Crippen molar-refractivity contribution in [3.8, 4) is 0 Å². The fourth-order valence-corrected chi connectivity index (χ4v) is 6.52. The van der Waals surface area contributed by atoms with E-state index >= 15 is 0 Å². The fraction of sp³-hybridized carbons (Fsp3) is 0.750. The van der Waals surface area contributed by atoms with Crippen molar-refractivity contribution >= 4 is 11.9 Å². The van der Waals surface area contributed by atoms with E-state index in [9.17, 15) is 19.8 Å². The van der Waals surface area contributed by atoms with Crippen LogP contribution in [0.15, 0.2) is 60.8 Å². The maximum Gasteiger partial charge on any atom is 0.306 e. The van der Waals surface area contributed by atoms with Crippen LogP contribution in [0.25, 0.3) is 0 Å². The molecule has 6 nitrogen and oxygen atoms in total. The van der Waals surface area contributed by atoms with Gasteiger partial charge in [0.05, 0.1) is 25.2 Å². The molecule has 0 heterocycles. The number of amides is 1. The van der Waals surface area contributed by atoms with Crippen molar-refractivity contribution in [2.45, 2.75) is 225 Å². The van der Waals surface area contributed by atoms with Gasteiger partial charge >= 0.3 is 5.97 Å². The molecule has 0 saturated carbocycles. The molecule has 1 amide bonds. The summed E-state index contributed by atoms with van der Waals surface area (Å²) in [5.41, 5.74) is 0. The molecule has 0 aromatic heterocycles. The van der Waals surface area contributed by atoms with Gasteiger partial charge in [0.2, 0.25) is 5.91 Å². The number of aliphatic hydroxyl groups excluding tert-OH is 2. The molecule has 0 radical (unpaired) electrons. The molecule has 0 spiro atoms. The highest BCUT2D eigenvalue weighted by Gasteiger charge is 2.24. The van der Waals surface area contributed by atoms with E-state index in [1.54, 1.807) is 0 Å². The summed E-state index contributed by atoms with van der Waals surface area (Å²) in [6.07, 6.45) is 49.9. The van der Waals surface area contributed by atoms with Crippen molar-refractivity contribution in [2.24, 2.45) is 0 Å². The van der Waals surface area contributed by atoms with Crippen molar-refractivity contribution in [1.29, 1.82) is 0 Å². The summed E-state index contributed by atoms with van der Waals surface area (Å²) < 4.78 is 5.87. The van der Waals surface area contributed by atoms with Gasteiger partial charge in [-0.2, -0.15) is 0 Å². The van der Waals surface area contributed by atoms with Gasteiger partial charge in [-0.25, -0.2) is 0 Å². The average molecular weight is 756 g/mol. The number of esters is 1. The molecule has 54 heavy (non-hydrogen) atoms. The maximum absolute atomic E-state index is 13.1. The molecule has 0 aliphatic carbocycles. The molecular formula is C48H85NO5. The first kappa shape index (κ1) is 51.6. The number of nitrogens with one attached hydrogen (secondary N) is 1. The van der Waals surface area contributed by atoms with Crippen molar-refractivity contribution < 1.29 is 24.5 Å². The second kappa shape index (κ2) is 41.7. The Bertz CT molecular complexity index is 984. The predicted octanol–water partition coefficient (Wildman–Crippen LogP) is 12.9. The van der Waals surface area contributed by atoms with E-state index in [4.69, 9.17) is 4.74 Å². The molecule has 0 rings (SSSR count). The first-order chi connectivity index (χ1) is 26.5. The zero-order valence-corrected chi connectivity index (χ0v) is 35.3. The normalized spacial score (nSPS) is 13.9. The van der Waals surface area contributed by atoms with E-state index in [2.05, 4.69) is 62.5 Å². The first-order valence-electron chi connectivity index (χ1n) is 22.6. The summed E-state index contributed by atoms with van der Waals surface area (Å²) in [6.45, 7) is 6.33. The molecule has 312 valence electrons. The van der Waals surface area contributed by atoms with Crippen LogP contribution >= 0.6 is 0 Å². The summed E-state index contributed by atoms with van der Waals surface area (Å²) in [7, 11) is 0. The van der Waals surface area contributed by atoms with Gasteiger partial charge in [-0.1, -0.05) is 210 Å². The summed E-state index contributed by atoms with van der Waals surface area (Å²) >= 11 is 0. The number of hydrogen-bond donors (Lipinski definition) is 3. The summed E-state index contributed by atoms with van der Waals surface area (Å²) in [6, 6.07) is -0.703. The lowest BCUT2D eigenvalue weighted by molar-refractivity contribution is -0.151. The molecule has 0 aromatic carbocycles. The predicted molar refractivity (Wildman–Crippen MR) is 232 cm³/mol. The van der Waals surface area contributed by atoms with Crippen LogP contribution in [0.4, 0.5) is 0 Å². The molecule has 3 atom stereocenters. The van der Waals surface area contributed by atoms with Crippen LogP contribution in [0.2, 0.25) is 0 Å². The minimum Gasteiger partial charge on any atom is -0.462 e. The van der Waals surface area contributed by atoms with Gasteiger partial charge in [-0.3, -0.25) is 9.59 Å². The van der Waals surface area contributed by atoms with Gasteiger partial charge in [0.1, 0.15) is 6.10 Å². The molecule has 0 saturated heterocycles. The minimum atomic E-state index is -0.789. The smallest absolute Gasteiger partial charge is 0.306 e. The Morgan fingerprint density at radius 2 is 0.981 bits per heavy atom. The van der Waals surface area contributed by atoms with E-state index in [0.29, 0.717) is 19.3 Å². The Labute approximate surface area is 333 Å². The lowest BCUT2D eigenvalue weighted by Crippen LogP contribution is -2.46. The van der Waals surface area contributed by atoms with Crippen LogP contribution in [-0.4, -0.2) is 46.9 Å². The lowest BCUT2D eigenvalue weighted by Gasteiger charge is -2.24. The number of unbranched alkanes of at least 4 members (excludes halogenated alkanes) is 21. The van der Waals surface area contributed by atoms with Crippen LogP contribution < -0.4 is 5.32 Å². The molecule has 3 N–H and O–H groups in total. The number of carbonyl (C=O) groups is 2. The molecule has 0 fully saturated rings. The molecule has 3 unspecified atom stereocenters. The largest absolute Gasteiger partial charge is 0.462 e. The number of rotatable bonds is 39. The summed E-state index contributed by atoms with van der Waals surface area (Å²) in [5, 5.41) is 23.5. The van der Waals surface area contributed by atoms with Crippen molar-refractivity contribution in [2.75, 3.05) is 6.61 Å². The second-order valence-electron chi connectivity index (χ2n) is 15.2. The Kier molecular flexibility index (Phi) is 39.8. The number of hydrogen-bond acceptors (Lipinski definition) is 5. The lowest BCUT2D eigenvalue weighted by atomic mass is 10.0. The van der Waals surface area contributed by atoms with Crippen LogP contribution in [0.1, 0.15) is 207 Å². The molecule has 0 aromatic rings. The summed E-state index contributed by atoms with van der Waals surface area (Å²) in [5.74, 6) is -0.509. The maximum atomic E-state index is 13.1. The van der Waals surface area contributed by atoms with Gasteiger partial charge in [0.25, 0.3) is 0 Å². The highest BCUT2D eigenvalue weighted by Crippen LogP contribution is 2.17. The topological polar surface area (TPSA) is 95.9 Å². The van der Waals surface area contributed by atoms with Crippen molar-refractivity contribution in [3.63, 3.8) is 0 Å². The Morgan fingerprint density at radius 3 is 1.50 bits per heavy atom. The SMILES string of the molecule is CCC/C=C/C=C/C=C/C=C/C=C/CCCCCCCC(=O)OC(CCCCCCCCCC)CC(=O)NC(CO)C(O)CCCCCCCCCCC. The van der Waals surface area contributed by atoms with Crippen LogP contribution in [0, 0.1) is 0 Å². The van der Waals surface area contributed by atoms with Crippen molar-refractivity contribution in [3.05, 3.63) is 60.8 Å². The van der Waals surface area contributed by atoms with Gasteiger partial charge < -0.3 is 20.3 Å².